The van der Waals surface area contributed by atoms with Crippen molar-refractivity contribution in [1.29, 1.82) is 0 Å². The number of anilines is 1. The smallest absolute Gasteiger partial charge is 0.324 e. The predicted octanol–water partition coefficient (Wildman–Crippen LogP) is 2.80. The minimum absolute atomic E-state index is 0.255. The lowest BCUT2D eigenvalue weighted by Gasteiger charge is -2.14. The quantitative estimate of drug-likeness (QED) is 0.571. The van der Waals surface area contributed by atoms with E-state index < -0.39 is 23.7 Å². The Hall–Kier alpha value is -4.00. The van der Waals surface area contributed by atoms with Gasteiger partial charge >= 0.3 is 5.69 Å². The Morgan fingerprint density at radius 2 is 1.73 bits per heavy atom. The van der Waals surface area contributed by atoms with Gasteiger partial charge in [0.05, 0.1) is 11.1 Å². The van der Waals surface area contributed by atoms with Crippen LogP contribution in [0, 0.1) is 13.8 Å². The summed E-state index contributed by atoms with van der Waals surface area (Å²) in [6, 6.07) is 17.7. The molecule has 0 bridgehead atoms. The number of carbonyl (C=O) groups excluding carboxylic acids is 1. The highest BCUT2D eigenvalue weighted by atomic mass is 16.2. The number of rotatable bonds is 4. The lowest BCUT2D eigenvalue weighted by atomic mass is 10.1. The second-order valence-corrected chi connectivity index (χ2v) is 7.02. The van der Waals surface area contributed by atoms with Crippen molar-refractivity contribution >= 4 is 22.6 Å². The molecule has 150 valence electrons. The van der Waals surface area contributed by atoms with E-state index in [0.717, 1.165) is 15.7 Å². The van der Waals surface area contributed by atoms with Gasteiger partial charge in [0, 0.05) is 11.9 Å². The molecule has 0 saturated carbocycles. The number of aryl methyl sites for hydroxylation is 1. The van der Waals surface area contributed by atoms with Crippen LogP contribution in [0.5, 0.6) is 0 Å². The van der Waals surface area contributed by atoms with Crippen molar-refractivity contribution in [2.45, 2.75) is 20.4 Å². The van der Waals surface area contributed by atoms with Crippen molar-refractivity contribution in [3.05, 3.63) is 98.8 Å². The van der Waals surface area contributed by atoms with E-state index in [1.54, 1.807) is 42.5 Å². The average molecular weight is 400 g/mol. The summed E-state index contributed by atoms with van der Waals surface area (Å²) in [5.41, 5.74) is 2.27. The predicted molar refractivity (Wildman–Crippen MR) is 116 cm³/mol. The van der Waals surface area contributed by atoms with Crippen LogP contribution in [-0.2, 0) is 11.3 Å². The Bertz CT molecular complexity index is 1370. The number of carbonyl (C=O) groups is 1. The second kappa shape index (κ2) is 7.79. The summed E-state index contributed by atoms with van der Waals surface area (Å²) >= 11 is 0. The van der Waals surface area contributed by atoms with Gasteiger partial charge in [-0.3, -0.25) is 9.59 Å². The summed E-state index contributed by atoms with van der Waals surface area (Å²) in [4.78, 5) is 43.1. The fourth-order valence-corrected chi connectivity index (χ4v) is 3.35. The number of amides is 1. The first-order chi connectivity index (χ1) is 14.5. The molecule has 4 aromatic rings. The fourth-order valence-electron chi connectivity index (χ4n) is 3.35. The lowest BCUT2D eigenvalue weighted by Crippen LogP contribution is -2.42. The van der Waals surface area contributed by atoms with E-state index in [1.165, 1.54) is 10.8 Å². The molecule has 0 radical (unpaired) electrons. The van der Waals surface area contributed by atoms with Crippen molar-refractivity contribution in [3.63, 3.8) is 0 Å². The first-order valence-electron chi connectivity index (χ1n) is 9.49. The van der Waals surface area contributed by atoms with E-state index in [2.05, 4.69) is 10.3 Å². The van der Waals surface area contributed by atoms with Crippen LogP contribution in [0.4, 0.5) is 5.69 Å². The highest BCUT2D eigenvalue weighted by Crippen LogP contribution is 2.18. The third-order valence-corrected chi connectivity index (χ3v) is 5.09. The Balaban J connectivity index is 1.82. The molecule has 2 aromatic heterocycles. The lowest BCUT2D eigenvalue weighted by molar-refractivity contribution is -0.116. The van der Waals surface area contributed by atoms with Crippen LogP contribution >= 0.6 is 0 Å². The highest BCUT2D eigenvalue weighted by Gasteiger charge is 2.17. The summed E-state index contributed by atoms with van der Waals surface area (Å²) < 4.78 is 2.29. The molecule has 2 aromatic carbocycles. The molecule has 1 amide bonds. The van der Waals surface area contributed by atoms with Crippen LogP contribution < -0.4 is 16.6 Å². The maximum Gasteiger partial charge on any atom is 0.337 e. The third kappa shape index (κ3) is 3.41. The molecule has 4 rings (SSSR count). The van der Waals surface area contributed by atoms with Gasteiger partial charge in [0.1, 0.15) is 6.54 Å². The number of nitrogens with zero attached hydrogens (tertiary/aromatic N) is 3. The second-order valence-electron chi connectivity index (χ2n) is 7.02. The number of fused-ring (bicyclic) bond motifs is 1. The Morgan fingerprint density at radius 1 is 0.967 bits per heavy atom. The van der Waals surface area contributed by atoms with Crippen LogP contribution in [0.25, 0.3) is 16.7 Å². The molecule has 0 unspecified atom stereocenters. The number of hydrogen-bond donors (Lipinski definition) is 1. The van der Waals surface area contributed by atoms with E-state index in [-0.39, 0.29) is 11.0 Å². The van der Waals surface area contributed by atoms with Gasteiger partial charge in [-0.2, -0.15) is 0 Å². The van der Waals surface area contributed by atoms with E-state index in [4.69, 9.17) is 0 Å². The van der Waals surface area contributed by atoms with Gasteiger partial charge in [0.15, 0.2) is 5.65 Å². The molecular weight excluding hydrogens is 380 g/mol. The number of nitrogens with one attached hydrogen (secondary N) is 1. The molecule has 7 nitrogen and oxygen atoms in total. The van der Waals surface area contributed by atoms with Gasteiger partial charge < -0.3 is 5.32 Å². The summed E-state index contributed by atoms with van der Waals surface area (Å²) in [6.07, 6.45) is 1.53. The van der Waals surface area contributed by atoms with Crippen LogP contribution in [0.2, 0.25) is 0 Å². The zero-order chi connectivity index (χ0) is 21.3. The van der Waals surface area contributed by atoms with Gasteiger partial charge in [-0.15, -0.1) is 0 Å². The van der Waals surface area contributed by atoms with Gasteiger partial charge in [0.2, 0.25) is 5.91 Å². The number of hydrogen-bond acceptors (Lipinski definition) is 4. The molecule has 0 saturated heterocycles. The van der Waals surface area contributed by atoms with Crippen molar-refractivity contribution in [2.24, 2.45) is 0 Å². The molecule has 2 heterocycles. The summed E-state index contributed by atoms with van der Waals surface area (Å²) in [5, 5.41) is 3.06. The van der Waals surface area contributed by atoms with E-state index in [0.29, 0.717) is 11.4 Å². The van der Waals surface area contributed by atoms with Crippen LogP contribution in [0.1, 0.15) is 11.1 Å². The molecule has 1 N–H and O–H groups in total. The highest BCUT2D eigenvalue weighted by molar-refractivity contribution is 5.91. The number of para-hydroxylation sites is 1. The SMILES string of the molecule is Cc1cccc(NC(=O)Cn2c(=O)c3cccnc3n(-c3ccccc3)c2=O)c1C. The monoisotopic (exact) mass is 400 g/mol. The first kappa shape index (κ1) is 19.3. The Morgan fingerprint density at radius 3 is 2.50 bits per heavy atom. The third-order valence-electron chi connectivity index (χ3n) is 5.09. The number of benzene rings is 2. The molecule has 7 heteroatoms. The Labute approximate surface area is 172 Å². The minimum atomic E-state index is -0.617. The molecule has 0 spiro atoms. The molecule has 0 aliphatic carbocycles. The normalized spacial score (nSPS) is 10.9. The largest absolute Gasteiger partial charge is 0.337 e. The average Bonchev–Trinajstić information content (AvgIpc) is 2.75. The number of pyridine rings is 1. The van der Waals surface area contributed by atoms with Crippen molar-refractivity contribution in [1.82, 2.24) is 14.1 Å². The van der Waals surface area contributed by atoms with Crippen molar-refractivity contribution in [3.8, 4) is 5.69 Å². The zero-order valence-electron chi connectivity index (χ0n) is 16.6. The van der Waals surface area contributed by atoms with E-state index in [1.807, 2.05) is 32.0 Å². The molecule has 0 aliphatic rings. The molecule has 0 atom stereocenters. The Kier molecular flexibility index (Phi) is 5.02. The van der Waals surface area contributed by atoms with Crippen LogP contribution in [-0.4, -0.2) is 20.0 Å². The van der Waals surface area contributed by atoms with Gasteiger partial charge in [-0.05, 0) is 55.3 Å². The van der Waals surface area contributed by atoms with Gasteiger partial charge in [-0.1, -0.05) is 30.3 Å². The molecule has 0 aliphatic heterocycles. The van der Waals surface area contributed by atoms with Crippen LogP contribution in [0.3, 0.4) is 0 Å². The van der Waals surface area contributed by atoms with Crippen LogP contribution in [0.15, 0.2) is 76.4 Å². The van der Waals surface area contributed by atoms with Gasteiger partial charge in [-0.25, -0.2) is 18.9 Å². The summed E-state index contributed by atoms with van der Waals surface area (Å²) in [6.45, 7) is 3.45. The standard InChI is InChI=1S/C23H20N4O3/c1-15-8-6-12-19(16(15)2)25-20(28)14-26-22(29)18-11-7-13-24-21(18)27(23(26)30)17-9-4-3-5-10-17/h3-13H,14H2,1-2H3,(H,25,28). The van der Waals surface area contributed by atoms with Crippen molar-refractivity contribution < 1.29 is 4.79 Å². The topological polar surface area (TPSA) is 86.0 Å². The zero-order valence-corrected chi connectivity index (χ0v) is 16.6. The molecule has 30 heavy (non-hydrogen) atoms. The maximum atomic E-state index is 13.2. The minimum Gasteiger partial charge on any atom is -0.324 e. The molecule has 0 fully saturated rings. The first-order valence-corrected chi connectivity index (χ1v) is 9.49. The fraction of sp³-hybridized carbons (Fsp3) is 0.130. The van der Waals surface area contributed by atoms with Gasteiger partial charge in [0.25, 0.3) is 5.56 Å². The number of aromatic nitrogens is 3. The summed E-state index contributed by atoms with van der Waals surface area (Å²) in [5.74, 6) is -0.453. The van der Waals surface area contributed by atoms with Crippen molar-refractivity contribution in [2.75, 3.05) is 5.32 Å². The van der Waals surface area contributed by atoms with E-state index in [9.17, 15) is 14.4 Å². The molecular formula is C23H20N4O3. The maximum absolute atomic E-state index is 13.2. The van der Waals surface area contributed by atoms with E-state index >= 15 is 0 Å². The summed E-state index contributed by atoms with van der Waals surface area (Å²) in [7, 11) is 0.